The third-order valence-corrected chi connectivity index (χ3v) is 4.19. The monoisotopic (exact) mass is 341 g/mol. The first-order valence-corrected chi connectivity index (χ1v) is 8.50. The maximum atomic E-state index is 12.2. The predicted molar refractivity (Wildman–Crippen MR) is 95.1 cm³/mol. The second-order valence-electron chi connectivity index (χ2n) is 6.00. The van der Waals surface area contributed by atoms with Gasteiger partial charge in [0.2, 0.25) is 0 Å². The lowest BCUT2D eigenvalue weighted by molar-refractivity contribution is 0.0679. The van der Waals surface area contributed by atoms with Gasteiger partial charge in [-0.25, -0.2) is 0 Å². The summed E-state index contributed by atoms with van der Waals surface area (Å²) in [6.45, 7) is 1.85. The summed E-state index contributed by atoms with van der Waals surface area (Å²) in [5.41, 5.74) is 1.63. The Balaban J connectivity index is 1.47. The molecule has 0 aliphatic carbocycles. The van der Waals surface area contributed by atoms with Gasteiger partial charge in [0.15, 0.2) is 0 Å². The third kappa shape index (κ3) is 4.97. The Labute approximate surface area is 147 Å². The zero-order valence-corrected chi connectivity index (χ0v) is 14.4. The lowest BCUT2D eigenvalue weighted by atomic mass is 10.2. The van der Waals surface area contributed by atoms with Crippen molar-refractivity contribution in [2.24, 2.45) is 0 Å². The van der Waals surface area contributed by atoms with Crippen LogP contribution in [0, 0.1) is 0 Å². The molecular weight excluding hydrogens is 318 g/mol. The number of nitrogens with one attached hydrogen (secondary N) is 1. The van der Waals surface area contributed by atoms with E-state index in [1.807, 2.05) is 36.4 Å². The van der Waals surface area contributed by atoms with E-state index in [4.69, 9.17) is 14.2 Å². The summed E-state index contributed by atoms with van der Waals surface area (Å²) in [6.07, 6.45) is 2.33. The molecule has 1 aliphatic heterocycles. The molecule has 5 heteroatoms. The van der Waals surface area contributed by atoms with Crippen LogP contribution in [-0.2, 0) is 11.3 Å². The SMILES string of the molecule is COc1ccc(CNC(=O)c2ccc(OCC3CCCO3)cc2)cc1. The van der Waals surface area contributed by atoms with Crippen molar-refractivity contribution in [3.8, 4) is 11.5 Å². The first-order valence-electron chi connectivity index (χ1n) is 8.50. The van der Waals surface area contributed by atoms with Crippen molar-refractivity contribution < 1.29 is 19.0 Å². The van der Waals surface area contributed by atoms with Crippen LogP contribution in [0.1, 0.15) is 28.8 Å². The molecule has 0 spiro atoms. The molecule has 5 nitrogen and oxygen atoms in total. The highest BCUT2D eigenvalue weighted by Gasteiger charge is 2.16. The number of methoxy groups -OCH3 is 1. The summed E-state index contributed by atoms with van der Waals surface area (Å²) in [6, 6.07) is 14.8. The van der Waals surface area contributed by atoms with E-state index in [2.05, 4.69) is 5.32 Å². The van der Waals surface area contributed by atoms with E-state index >= 15 is 0 Å². The molecule has 1 unspecified atom stereocenters. The molecule has 1 amide bonds. The summed E-state index contributed by atoms with van der Waals surface area (Å²) >= 11 is 0. The number of hydrogen-bond acceptors (Lipinski definition) is 4. The summed E-state index contributed by atoms with van der Waals surface area (Å²) in [7, 11) is 1.63. The van der Waals surface area contributed by atoms with Crippen molar-refractivity contribution in [2.45, 2.75) is 25.5 Å². The molecule has 3 rings (SSSR count). The third-order valence-electron chi connectivity index (χ3n) is 4.19. The van der Waals surface area contributed by atoms with Crippen molar-refractivity contribution in [3.63, 3.8) is 0 Å². The lowest BCUT2D eigenvalue weighted by Crippen LogP contribution is -2.22. The molecule has 1 N–H and O–H groups in total. The minimum absolute atomic E-state index is 0.110. The molecule has 25 heavy (non-hydrogen) atoms. The average Bonchev–Trinajstić information content (AvgIpc) is 3.19. The Morgan fingerprint density at radius 3 is 2.48 bits per heavy atom. The second-order valence-corrected chi connectivity index (χ2v) is 6.00. The molecule has 1 heterocycles. The molecular formula is C20H23NO4. The second kappa shape index (κ2) is 8.53. The Kier molecular flexibility index (Phi) is 5.90. The van der Waals surface area contributed by atoms with Crippen molar-refractivity contribution in [1.29, 1.82) is 0 Å². The minimum Gasteiger partial charge on any atom is -0.497 e. The van der Waals surface area contributed by atoms with Gasteiger partial charge in [-0.05, 0) is 54.8 Å². The van der Waals surface area contributed by atoms with E-state index in [1.54, 1.807) is 19.2 Å². The molecule has 2 aromatic carbocycles. The standard InChI is InChI=1S/C20H23NO4/c1-23-17-8-4-15(5-9-17)13-21-20(22)16-6-10-18(11-7-16)25-14-19-3-2-12-24-19/h4-11,19H,2-3,12-14H2,1H3,(H,21,22). The van der Waals surface area contributed by atoms with Gasteiger partial charge in [0.1, 0.15) is 18.1 Å². The number of ether oxygens (including phenoxy) is 3. The van der Waals surface area contributed by atoms with Gasteiger partial charge in [0.25, 0.3) is 5.91 Å². The van der Waals surface area contributed by atoms with Crippen LogP contribution in [0.15, 0.2) is 48.5 Å². The van der Waals surface area contributed by atoms with Crippen molar-refractivity contribution in [2.75, 3.05) is 20.3 Å². The Bertz CT molecular complexity index is 676. The molecule has 0 radical (unpaired) electrons. The van der Waals surface area contributed by atoms with E-state index in [0.717, 1.165) is 36.5 Å². The van der Waals surface area contributed by atoms with Crippen LogP contribution in [0.3, 0.4) is 0 Å². The Morgan fingerprint density at radius 2 is 1.84 bits per heavy atom. The van der Waals surface area contributed by atoms with Crippen LogP contribution in [0.4, 0.5) is 0 Å². The number of amides is 1. The molecule has 1 fully saturated rings. The molecule has 1 atom stereocenters. The fourth-order valence-electron chi connectivity index (χ4n) is 2.70. The fourth-order valence-corrected chi connectivity index (χ4v) is 2.70. The molecule has 1 aliphatic rings. The average molecular weight is 341 g/mol. The van der Waals surface area contributed by atoms with Crippen LogP contribution >= 0.6 is 0 Å². The van der Waals surface area contributed by atoms with Crippen molar-refractivity contribution >= 4 is 5.91 Å². The van der Waals surface area contributed by atoms with Crippen LogP contribution in [-0.4, -0.2) is 32.3 Å². The normalized spacial score (nSPS) is 16.4. The van der Waals surface area contributed by atoms with E-state index in [1.165, 1.54) is 0 Å². The fraction of sp³-hybridized carbons (Fsp3) is 0.350. The van der Waals surface area contributed by atoms with Gasteiger partial charge in [-0.2, -0.15) is 0 Å². The van der Waals surface area contributed by atoms with Crippen LogP contribution < -0.4 is 14.8 Å². The largest absolute Gasteiger partial charge is 0.497 e. The summed E-state index contributed by atoms with van der Waals surface area (Å²) in [5.74, 6) is 1.44. The van der Waals surface area contributed by atoms with Gasteiger partial charge in [0.05, 0.1) is 13.2 Å². The highest BCUT2D eigenvalue weighted by molar-refractivity contribution is 5.94. The molecule has 0 bridgehead atoms. The highest BCUT2D eigenvalue weighted by Crippen LogP contribution is 2.17. The van der Waals surface area contributed by atoms with E-state index in [0.29, 0.717) is 18.7 Å². The molecule has 132 valence electrons. The lowest BCUT2D eigenvalue weighted by Gasteiger charge is -2.12. The topological polar surface area (TPSA) is 56.8 Å². The molecule has 1 saturated heterocycles. The van der Waals surface area contributed by atoms with Gasteiger partial charge in [-0.3, -0.25) is 4.79 Å². The van der Waals surface area contributed by atoms with E-state index < -0.39 is 0 Å². The van der Waals surface area contributed by atoms with Gasteiger partial charge >= 0.3 is 0 Å². The number of carbonyl (C=O) groups excluding carboxylic acids is 1. The first kappa shape index (κ1) is 17.3. The smallest absolute Gasteiger partial charge is 0.251 e. The van der Waals surface area contributed by atoms with Crippen LogP contribution in [0.2, 0.25) is 0 Å². The van der Waals surface area contributed by atoms with Crippen LogP contribution in [0.5, 0.6) is 11.5 Å². The van der Waals surface area contributed by atoms with E-state index in [9.17, 15) is 4.79 Å². The van der Waals surface area contributed by atoms with Gasteiger partial charge in [-0.1, -0.05) is 12.1 Å². The maximum absolute atomic E-state index is 12.2. The van der Waals surface area contributed by atoms with E-state index in [-0.39, 0.29) is 12.0 Å². The number of benzene rings is 2. The Hall–Kier alpha value is -2.53. The highest BCUT2D eigenvalue weighted by atomic mass is 16.5. The maximum Gasteiger partial charge on any atom is 0.251 e. The summed E-state index contributed by atoms with van der Waals surface area (Å²) < 4.78 is 16.4. The number of hydrogen-bond donors (Lipinski definition) is 1. The summed E-state index contributed by atoms with van der Waals surface area (Å²) in [5, 5.41) is 2.91. The first-order chi connectivity index (χ1) is 12.2. The van der Waals surface area contributed by atoms with Crippen molar-refractivity contribution in [1.82, 2.24) is 5.32 Å². The molecule has 2 aromatic rings. The summed E-state index contributed by atoms with van der Waals surface area (Å²) in [4.78, 5) is 12.2. The minimum atomic E-state index is -0.110. The van der Waals surface area contributed by atoms with Crippen molar-refractivity contribution in [3.05, 3.63) is 59.7 Å². The zero-order valence-electron chi connectivity index (χ0n) is 14.4. The molecule has 0 aromatic heterocycles. The Morgan fingerprint density at radius 1 is 1.12 bits per heavy atom. The predicted octanol–water partition coefficient (Wildman–Crippen LogP) is 3.18. The van der Waals surface area contributed by atoms with Gasteiger partial charge in [-0.15, -0.1) is 0 Å². The number of rotatable bonds is 7. The van der Waals surface area contributed by atoms with Gasteiger partial charge in [0, 0.05) is 18.7 Å². The molecule has 0 saturated carbocycles. The van der Waals surface area contributed by atoms with Gasteiger partial charge < -0.3 is 19.5 Å². The zero-order chi connectivity index (χ0) is 17.5. The number of carbonyl (C=O) groups is 1. The quantitative estimate of drug-likeness (QED) is 0.840. The van der Waals surface area contributed by atoms with Crippen LogP contribution in [0.25, 0.3) is 0 Å².